The number of aryl methyl sites for hydroxylation is 1. The average molecular weight is 430 g/mol. The highest BCUT2D eigenvalue weighted by molar-refractivity contribution is 6.01. The molecular weight excluding hydrogens is 398 g/mol. The molecule has 1 aliphatic heterocycles. The molecule has 0 bridgehead atoms. The number of aromatic nitrogens is 3. The predicted octanol–water partition coefficient (Wildman–Crippen LogP) is 4.88. The van der Waals surface area contributed by atoms with Crippen molar-refractivity contribution in [1.82, 2.24) is 25.4 Å². The molecule has 0 saturated carbocycles. The zero-order chi connectivity index (χ0) is 21.9. The Morgan fingerprint density at radius 1 is 1.03 bits per heavy atom. The van der Waals surface area contributed by atoms with Crippen molar-refractivity contribution in [2.45, 2.75) is 38.5 Å². The van der Waals surface area contributed by atoms with Gasteiger partial charge in [0.05, 0.1) is 11.2 Å². The Hall–Kier alpha value is -3.12. The van der Waals surface area contributed by atoms with Crippen molar-refractivity contribution >= 4 is 27.7 Å². The minimum absolute atomic E-state index is 0.0999. The molecule has 32 heavy (non-hydrogen) atoms. The maximum Gasteiger partial charge on any atom is 0.251 e. The molecule has 3 N–H and O–H groups in total. The third kappa shape index (κ3) is 4.28. The quantitative estimate of drug-likeness (QED) is 0.367. The highest BCUT2D eigenvalue weighted by atomic mass is 16.1. The number of nitrogens with zero attached hydrogens (tertiary/aromatic N) is 2. The van der Waals surface area contributed by atoms with E-state index >= 15 is 0 Å². The average Bonchev–Trinajstić information content (AvgIpc) is 3.45. The number of rotatable bonds is 7. The summed E-state index contributed by atoms with van der Waals surface area (Å²) in [4.78, 5) is 18.0. The molecule has 2 aromatic heterocycles. The molecule has 4 aromatic rings. The Morgan fingerprint density at radius 2 is 1.91 bits per heavy atom. The molecule has 3 heterocycles. The molecule has 6 heteroatoms. The van der Waals surface area contributed by atoms with Crippen molar-refractivity contribution in [2.75, 3.05) is 26.7 Å². The van der Waals surface area contributed by atoms with Crippen molar-refractivity contribution in [2.24, 2.45) is 0 Å². The second-order valence-corrected chi connectivity index (χ2v) is 8.88. The topological polar surface area (TPSA) is 76.8 Å². The Labute approximate surface area is 188 Å². The second-order valence-electron chi connectivity index (χ2n) is 8.88. The summed E-state index contributed by atoms with van der Waals surface area (Å²) in [7, 11) is 1.64. The maximum atomic E-state index is 11.9. The van der Waals surface area contributed by atoms with E-state index in [9.17, 15) is 4.79 Å². The summed E-state index contributed by atoms with van der Waals surface area (Å²) in [6.07, 6.45) is 7.77. The molecule has 2 aromatic carbocycles. The fourth-order valence-electron chi connectivity index (χ4n) is 4.82. The van der Waals surface area contributed by atoms with Gasteiger partial charge in [0.1, 0.15) is 5.69 Å². The summed E-state index contributed by atoms with van der Waals surface area (Å²) in [5.74, 6) is -0.0999. The number of likely N-dealkylation sites (tertiary alicyclic amines) is 1. The van der Waals surface area contributed by atoms with Crippen molar-refractivity contribution in [1.29, 1.82) is 0 Å². The number of fused-ring (bicyclic) bond motifs is 2. The number of nitrogens with one attached hydrogen (secondary N) is 3. The van der Waals surface area contributed by atoms with E-state index in [4.69, 9.17) is 0 Å². The Bertz CT molecular complexity index is 1230. The lowest BCUT2D eigenvalue weighted by Gasteiger charge is -2.26. The third-order valence-corrected chi connectivity index (χ3v) is 6.63. The Morgan fingerprint density at radius 3 is 2.75 bits per heavy atom. The van der Waals surface area contributed by atoms with Crippen LogP contribution < -0.4 is 5.32 Å². The van der Waals surface area contributed by atoms with Crippen LogP contribution in [0, 0.1) is 0 Å². The van der Waals surface area contributed by atoms with Crippen molar-refractivity contribution in [3.8, 4) is 11.4 Å². The van der Waals surface area contributed by atoms with Crippen LogP contribution in [-0.2, 0) is 6.42 Å². The molecule has 5 rings (SSSR count). The normalized spacial score (nSPS) is 14.9. The van der Waals surface area contributed by atoms with Gasteiger partial charge in [0.2, 0.25) is 0 Å². The number of hydrogen-bond donors (Lipinski definition) is 3. The lowest BCUT2D eigenvalue weighted by Crippen LogP contribution is -2.30. The number of carbonyl (C=O) groups excluding carboxylic acids is 1. The van der Waals surface area contributed by atoms with Crippen molar-refractivity contribution < 1.29 is 4.79 Å². The maximum absolute atomic E-state index is 11.9. The summed E-state index contributed by atoms with van der Waals surface area (Å²) in [6, 6.07) is 14.5. The van der Waals surface area contributed by atoms with Gasteiger partial charge in [-0.05, 0) is 93.7 Å². The third-order valence-electron chi connectivity index (χ3n) is 6.63. The highest BCUT2D eigenvalue weighted by Crippen LogP contribution is 2.29. The SMILES string of the molecule is CNC(=O)c1ccc2c(-c3cc4cc(CCCCN5CCCCC5)ccc4[nH]3)n[nH]c2c1. The first kappa shape index (κ1) is 20.8. The lowest BCUT2D eigenvalue weighted by atomic mass is 10.1. The van der Waals surface area contributed by atoms with E-state index in [1.807, 2.05) is 18.2 Å². The minimum atomic E-state index is -0.0999. The summed E-state index contributed by atoms with van der Waals surface area (Å²) < 4.78 is 0. The predicted molar refractivity (Wildman–Crippen MR) is 130 cm³/mol. The zero-order valence-corrected chi connectivity index (χ0v) is 18.7. The molecule has 1 aliphatic rings. The van der Waals surface area contributed by atoms with Crippen LogP contribution in [0.15, 0.2) is 42.5 Å². The van der Waals surface area contributed by atoms with Crippen LogP contribution in [0.1, 0.15) is 48.0 Å². The number of piperidine rings is 1. The first-order chi connectivity index (χ1) is 15.7. The first-order valence-corrected chi connectivity index (χ1v) is 11.8. The summed E-state index contributed by atoms with van der Waals surface area (Å²) >= 11 is 0. The summed E-state index contributed by atoms with van der Waals surface area (Å²) in [5.41, 5.74) is 5.86. The largest absolute Gasteiger partial charge is 0.355 e. The molecular formula is C26H31N5O. The molecule has 0 unspecified atom stereocenters. The highest BCUT2D eigenvalue weighted by Gasteiger charge is 2.14. The Balaban J connectivity index is 1.29. The first-order valence-electron chi connectivity index (χ1n) is 11.8. The smallest absolute Gasteiger partial charge is 0.251 e. The lowest BCUT2D eigenvalue weighted by molar-refractivity contribution is 0.0963. The zero-order valence-electron chi connectivity index (χ0n) is 18.7. The standard InChI is InChI=1S/C26H31N5O/c1-27-26(32)19-9-10-21-23(16-19)29-30-25(21)24-17-20-15-18(8-11-22(20)28-24)7-3-6-14-31-12-4-2-5-13-31/h8-11,15-17,28H,2-7,12-14H2,1H3,(H,27,32)(H,29,30). The Kier molecular flexibility index (Phi) is 5.95. The monoisotopic (exact) mass is 429 g/mol. The van der Waals surface area contributed by atoms with Gasteiger partial charge in [-0.3, -0.25) is 9.89 Å². The minimum Gasteiger partial charge on any atom is -0.355 e. The molecule has 1 saturated heterocycles. The number of benzene rings is 2. The van der Waals surface area contributed by atoms with Gasteiger partial charge >= 0.3 is 0 Å². The van der Waals surface area contributed by atoms with E-state index in [1.165, 1.54) is 62.7 Å². The van der Waals surface area contributed by atoms with Gasteiger partial charge in [-0.1, -0.05) is 12.5 Å². The van der Waals surface area contributed by atoms with Crippen LogP contribution in [0.4, 0.5) is 0 Å². The van der Waals surface area contributed by atoms with Gasteiger partial charge in [-0.15, -0.1) is 0 Å². The second kappa shape index (κ2) is 9.17. The number of unbranched alkanes of at least 4 members (excludes halogenated alkanes) is 1. The van der Waals surface area contributed by atoms with Crippen molar-refractivity contribution in [3.05, 3.63) is 53.6 Å². The molecule has 1 amide bonds. The van der Waals surface area contributed by atoms with Crippen LogP contribution in [-0.4, -0.2) is 52.7 Å². The van der Waals surface area contributed by atoms with Crippen LogP contribution >= 0.6 is 0 Å². The molecule has 1 fully saturated rings. The van der Waals surface area contributed by atoms with Crippen LogP contribution in [0.5, 0.6) is 0 Å². The molecule has 0 radical (unpaired) electrons. The van der Waals surface area contributed by atoms with E-state index in [2.05, 4.69) is 49.7 Å². The van der Waals surface area contributed by atoms with E-state index in [0.29, 0.717) is 5.56 Å². The van der Waals surface area contributed by atoms with Crippen LogP contribution in [0.2, 0.25) is 0 Å². The number of carbonyl (C=O) groups is 1. The number of hydrogen-bond acceptors (Lipinski definition) is 3. The van der Waals surface area contributed by atoms with E-state index in [0.717, 1.165) is 34.2 Å². The van der Waals surface area contributed by atoms with Gasteiger partial charge < -0.3 is 15.2 Å². The molecule has 0 atom stereocenters. The van der Waals surface area contributed by atoms with Gasteiger partial charge in [-0.2, -0.15) is 5.10 Å². The summed E-state index contributed by atoms with van der Waals surface area (Å²) in [5, 5.41) is 12.5. The number of amides is 1. The van der Waals surface area contributed by atoms with Gasteiger partial charge in [-0.25, -0.2) is 0 Å². The molecule has 166 valence electrons. The molecule has 6 nitrogen and oxygen atoms in total. The van der Waals surface area contributed by atoms with Crippen LogP contribution in [0.25, 0.3) is 33.2 Å². The fraction of sp³-hybridized carbons (Fsp3) is 0.385. The van der Waals surface area contributed by atoms with Crippen molar-refractivity contribution in [3.63, 3.8) is 0 Å². The number of H-pyrrole nitrogens is 2. The number of aromatic amines is 2. The molecule has 0 spiro atoms. The van der Waals surface area contributed by atoms with Crippen LogP contribution in [0.3, 0.4) is 0 Å². The van der Waals surface area contributed by atoms with Gasteiger partial charge in [0, 0.05) is 28.9 Å². The van der Waals surface area contributed by atoms with E-state index in [1.54, 1.807) is 7.05 Å². The van der Waals surface area contributed by atoms with Gasteiger partial charge in [0.25, 0.3) is 5.91 Å². The van der Waals surface area contributed by atoms with E-state index < -0.39 is 0 Å². The van der Waals surface area contributed by atoms with E-state index in [-0.39, 0.29) is 5.91 Å². The fourth-order valence-corrected chi connectivity index (χ4v) is 4.82. The van der Waals surface area contributed by atoms with Gasteiger partial charge in [0.15, 0.2) is 0 Å². The summed E-state index contributed by atoms with van der Waals surface area (Å²) in [6.45, 7) is 3.81. The molecule has 0 aliphatic carbocycles.